The number of aromatic nitrogens is 1. The minimum atomic E-state index is -4.81. The Bertz CT molecular complexity index is 1330. The van der Waals surface area contributed by atoms with Gasteiger partial charge in [0.1, 0.15) is 5.82 Å². The second-order valence-electron chi connectivity index (χ2n) is 9.01. The largest absolute Gasteiger partial charge is 0.419 e. The van der Waals surface area contributed by atoms with Crippen molar-refractivity contribution in [3.63, 3.8) is 0 Å². The van der Waals surface area contributed by atoms with Crippen molar-refractivity contribution in [3.05, 3.63) is 75.5 Å². The van der Waals surface area contributed by atoms with Crippen molar-refractivity contribution in [2.24, 2.45) is 0 Å². The molecule has 35 heavy (non-hydrogen) atoms. The second kappa shape index (κ2) is 9.43. The van der Waals surface area contributed by atoms with Crippen LogP contribution < -0.4 is 10.9 Å². The molecule has 0 spiro atoms. The molecule has 2 heterocycles. The summed E-state index contributed by atoms with van der Waals surface area (Å²) in [6.07, 6.45) is -3.82. The highest BCUT2D eigenvalue weighted by atomic mass is 19.4. The van der Waals surface area contributed by atoms with Crippen molar-refractivity contribution in [2.45, 2.75) is 38.6 Å². The van der Waals surface area contributed by atoms with Gasteiger partial charge in [-0.2, -0.15) is 13.2 Å². The summed E-state index contributed by atoms with van der Waals surface area (Å²) in [5.74, 6) is -1.99. The number of aryl methyl sites for hydroxylation is 1. The number of aliphatic hydroxyl groups is 1. The Kier molecular flexibility index (Phi) is 6.70. The molecule has 1 amide bonds. The number of amides is 1. The lowest BCUT2D eigenvalue weighted by Crippen LogP contribution is -2.52. The number of carbonyl (C=O) groups excluding carboxylic acids is 1. The van der Waals surface area contributed by atoms with Crippen LogP contribution in [0.5, 0.6) is 0 Å². The summed E-state index contributed by atoms with van der Waals surface area (Å²) >= 11 is 0. The Morgan fingerprint density at radius 2 is 1.89 bits per heavy atom. The van der Waals surface area contributed by atoms with E-state index in [4.69, 9.17) is 0 Å². The number of β-amino-alcohol motifs (C(OH)–C–C–N with tert-alkyl or cyclic N) is 1. The number of fused-ring (bicyclic) bond motifs is 1. The van der Waals surface area contributed by atoms with Crippen molar-refractivity contribution in [1.82, 2.24) is 9.47 Å². The van der Waals surface area contributed by atoms with E-state index in [0.29, 0.717) is 53.8 Å². The lowest BCUT2D eigenvalue weighted by Gasteiger charge is -2.37. The van der Waals surface area contributed by atoms with Crippen LogP contribution in [0.15, 0.2) is 47.4 Å². The summed E-state index contributed by atoms with van der Waals surface area (Å²) in [5, 5.41) is 13.1. The quantitative estimate of drug-likeness (QED) is 0.514. The van der Waals surface area contributed by atoms with E-state index in [0.717, 1.165) is 6.07 Å². The summed E-state index contributed by atoms with van der Waals surface area (Å²) in [6.45, 7) is 5.44. The van der Waals surface area contributed by atoms with Gasteiger partial charge in [-0.1, -0.05) is 12.1 Å². The smallest absolute Gasteiger partial charge is 0.390 e. The molecule has 0 aliphatic carbocycles. The number of likely N-dealkylation sites (tertiary alicyclic amines) is 1. The van der Waals surface area contributed by atoms with Crippen molar-refractivity contribution >= 4 is 22.4 Å². The van der Waals surface area contributed by atoms with Crippen LogP contribution in [-0.2, 0) is 17.4 Å². The standard InChI is InChI=1S/C25H25F4N3O3/c1-14-3-5-19-18(7-8-32(24(19)35)15(2)11-31-12-17(33)13-31)23(14)30-22(34)10-16-4-6-20(21(26)9-16)25(27,28)29/h3-9,15,17,33H,10-13H2,1-2H3,(H,30,34). The summed E-state index contributed by atoms with van der Waals surface area (Å²) in [5.41, 5.74) is -0.399. The van der Waals surface area contributed by atoms with Crippen LogP contribution in [0.3, 0.4) is 0 Å². The normalized spacial score (nSPS) is 15.7. The minimum absolute atomic E-state index is 0.0955. The highest BCUT2D eigenvalue weighted by Crippen LogP contribution is 2.32. The van der Waals surface area contributed by atoms with Gasteiger partial charge in [-0.3, -0.25) is 14.5 Å². The molecule has 1 saturated heterocycles. The van der Waals surface area contributed by atoms with Crippen molar-refractivity contribution < 1.29 is 27.5 Å². The van der Waals surface area contributed by atoms with Crippen LogP contribution >= 0.6 is 0 Å². The molecule has 0 saturated carbocycles. The summed E-state index contributed by atoms with van der Waals surface area (Å²) in [7, 11) is 0. The molecule has 0 radical (unpaired) electrons. The molecule has 2 N–H and O–H groups in total. The van der Waals surface area contributed by atoms with E-state index in [1.165, 1.54) is 0 Å². The summed E-state index contributed by atoms with van der Waals surface area (Å²) in [4.78, 5) is 27.9. The molecule has 10 heteroatoms. The van der Waals surface area contributed by atoms with E-state index >= 15 is 0 Å². The number of aliphatic hydroxyl groups excluding tert-OH is 1. The van der Waals surface area contributed by atoms with Crippen LogP contribution in [-0.4, -0.2) is 46.2 Å². The molecule has 1 aliphatic heterocycles. The topological polar surface area (TPSA) is 74.6 Å². The molecule has 1 fully saturated rings. The maximum atomic E-state index is 13.9. The molecular formula is C25H25F4N3O3. The van der Waals surface area contributed by atoms with Gasteiger partial charge in [0.25, 0.3) is 5.56 Å². The third-order valence-electron chi connectivity index (χ3n) is 6.22. The number of carbonyl (C=O) groups is 1. The van der Waals surface area contributed by atoms with Gasteiger partial charge in [-0.05, 0) is 49.2 Å². The number of nitrogens with zero attached hydrogens (tertiary/aromatic N) is 2. The van der Waals surface area contributed by atoms with Crippen molar-refractivity contribution in [2.75, 3.05) is 25.0 Å². The third kappa shape index (κ3) is 5.23. The highest BCUT2D eigenvalue weighted by molar-refractivity contribution is 6.03. The molecule has 1 aliphatic rings. The zero-order chi connectivity index (χ0) is 25.5. The molecule has 1 aromatic heterocycles. The number of nitrogens with one attached hydrogen (secondary N) is 1. The molecule has 3 aromatic rings. The molecule has 6 nitrogen and oxygen atoms in total. The fraction of sp³-hybridized carbons (Fsp3) is 0.360. The van der Waals surface area contributed by atoms with Crippen molar-refractivity contribution in [3.8, 4) is 0 Å². The van der Waals surface area contributed by atoms with E-state index in [9.17, 15) is 32.3 Å². The van der Waals surface area contributed by atoms with Crippen LogP contribution in [0, 0.1) is 12.7 Å². The monoisotopic (exact) mass is 491 g/mol. The number of hydrogen-bond donors (Lipinski definition) is 2. The fourth-order valence-corrected chi connectivity index (χ4v) is 4.38. The lowest BCUT2D eigenvalue weighted by atomic mass is 10.0. The van der Waals surface area contributed by atoms with E-state index < -0.39 is 23.5 Å². The number of halogens is 4. The summed E-state index contributed by atoms with van der Waals surface area (Å²) in [6, 6.07) is 7.38. The highest BCUT2D eigenvalue weighted by Gasteiger charge is 2.34. The van der Waals surface area contributed by atoms with E-state index in [1.807, 2.05) is 6.92 Å². The molecular weight excluding hydrogens is 466 g/mol. The number of pyridine rings is 1. The predicted octanol–water partition coefficient (Wildman–Crippen LogP) is 3.89. The first-order valence-electron chi connectivity index (χ1n) is 11.1. The average molecular weight is 491 g/mol. The Morgan fingerprint density at radius 1 is 1.17 bits per heavy atom. The van der Waals surface area contributed by atoms with Gasteiger partial charge in [-0.15, -0.1) is 0 Å². The van der Waals surface area contributed by atoms with Crippen LogP contribution in [0.4, 0.5) is 23.2 Å². The molecule has 1 unspecified atom stereocenters. The second-order valence-corrected chi connectivity index (χ2v) is 9.01. The number of anilines is 1. The first-order valence-corrected chi connectivity index (χ1v) is 11.1. The average Bonchev–Trinajstić information content (AvgIpc) is 2.74. The fourth-order valence-electron chi connectivity index (χ4n) is 4.38. The number of hydrogen-bond acceptors (Lipinski definition) is 4. The van der Waals surface area contributed by atoms with E-state index in [2.05, 4.69) is 10.2 Å². The van der Waals surface area contributed by atoms with Gasteiger partial charge in [-0.25, -0.2) is 4.39 Å². The molecule has 1 atom stereocenters. The first kappa shape index (κ1) is 24.9. The van der Waals surface area contributed by atoms with Crippen LogP contribution in [0.2, 0.25) is 0 Å². The van der Waals surface area contributed by atoms with E-state index in [-0.39, 0.29) is 29.7 Å². The number of benzene rings is 2. The van der Waals surface area contributed by atoms with E-state index in [1.54, 1.807) is 35.9 Å². The maximum Gasteiger partial charge on any atom is 0.419 e. The van der Waals surface area contributed by atoms with Gasteiger partial charge in [0.05, 0.1) is 23.8 Å². The molecule has 186 valence electrons. The van der Waals surface area contributed by atoms with Gasteiger partial charge in [0, 0.05) is 42.6 Å². The number of rotatable bonds is 6. The van der Waals surface area contributed by atoms with Crippen LogP contribution in [0.1, 0.15) is 29.7 Å². The van der Waals surface area contributed by atoms with Gasteiger partial charge >= 0.3 is 6.18 Å². The molecule has 0 bridgehead atoms. The SMILES string of the molecule is Cc1ccc2c(=O)n(C(C)CN3CC(O)C3)ccc2c1NC(=O)Cc1ccc(C(F)(F)F)c(F)c1. The van der Waals surface area contributed by atoms with Crippen molar-refractivity contribution in [1.29, 1.82) is 0 Å². The Morgan fingerprint density at radius 3 is 2.51 bits per heavy atom. The molecule has 4 rings (SSSR count). The predicted molar refractivity (Wildman–Crippen MR) is 124 cm³/mol. The molecule has 2 aromatic carbocycles. The Labute approximate surface area is 198 Å². The van der Waals surface area contributed by atoms with Crippen LogP contribution in [0.25, 0.3) is 10.8 Å². The lowest BCUT2D eigenvalue weighted by molar-refractivity contribution is -0.140. The maximum absolute atomic E-state index is 13.9. The third-order valence-corrected chi connectivity index (χ3v) is 6.22. The van der Waals surface area contributed by atoms with Gasteiger partial charge in [0.2, 0.25) is 5.91 Å². The zero-order valence-corrected chi connectivity index (χ0v) is 19.2. The first-order chi connectivity index (χ1) is 16.4. The minimum Gasteiger partial charge on any atom is -0.390 e. The Hall–Kier alpha value is -3.24. The van der Waals surface area contributed by atoms with Gasteiger partial charge in [0.15, 0.2) is 0 Å². The number of alkyl halides is 3. The zero-order valence-electron chi connectivity index (χ0n) is 19.2. The van der Waals surface area contributed by atoms with Gasteiger partial charge < -0.3 is 15.0 Å². The summed E-state index contributed by atoms with van der Waals surface area (Å²) < 4.78 is 53.8. The Balaban J connectivity index is 1.55.